The van der Waals surface area contributed by atoms with E-state index in [-0.39, 0.29) is 36.8 Å². The molecule has 0 spiro atoms. The van der Waals surface area contributed by atoms with Crippen molar-refractivity contribution in [2.45, 2.75) is 63.3 Å². The molecule has 1 aromatic carbocycles. The molecule has 172 valence electrons. The molecule has 1 fully saturated rings. The Balaban J connectivity index is 1.96. The number of amides is 3. The van der Waals surface area contributed by atoms with E-state index in [1.54, 1.807) is 6.92 Å². The zero-order valence-electron chi connectivity index (χ0n) is 18.2. The van der Waals surface area contributed by atoms with E-state index in [1.807, 2.05) is 30.3 Å². The van der Waals surface area contributed by atoms with Crippen LogP contribution in [0.15, 0.2) is 30.3 Å². The lowest BCUT2D eigenvalue weighted by Crippen LogP contribution is -2.58. The van der Waals surface area contributed by atoms with Crippen LogP contribution in [0.25, 0.3) is 0 Å². The van der Waals surface area contributed by atoms with E-state index in [1.165, 1.54) is 6.92 Å². The van der Waals surface area contributed by atoms with Gasteiger partial charge in [0.2, 0.25) is 17.7 Å². The predicted octanol–water partition coefficient (Wildman–Crippen LogP) is -0.657. The van der Waals surface area contributed by atoms with E-state index in [4.69, 9.17) is 11.5 Å². The van der Waals surface area contributed by atoms with Crippen molar-refractivity contribution in [1.82, 2.24) is 16.0 Å². The van der Waals surface area contributed by atoms with Crippen molar-refractivity contribution < 1.29 is 19.5 Å². The molecule has 8 N–H and O–H groups in total. The number of nitrogens with one attached hydrogen (secondary N) is 3. The molecule has 3 amide bonds. The molecule has 31 heavy (non-hydrogen) atoms. The molecular formula is C22H35N5O4. The largest absolute Gasteiger partial charge is 0.391 e. The van der Waals surface area contributed by atoms with Crippen LogP contribution in [0.3, 0.4) is 0 Å². The van der Waals surface area contributed by atoms with Gasteiger partial charge in [-0.2, -0.15) is 0 Å². The van der Waals surface area contributed by atoms with Crippen LogP contribution in [-0.2, 0) is 14.4 Å². The van der Waals surface area contributed by atoms with Gasteiger partial charge in [0.1, 0.15) is 12.1 Å². The summed E-state index contributed by atoms with van der Waals surface area (Å²) in [6.07, 6.45) is 0.402. The minimum absolute atomic E-state index is 0.141. The average molecular weight is 434 g/mol. The van der Waals surface area contributed by atoms with Gasteiger partial charge in [-0.3, -0.25) is 14.4 Å². The van der Waals surface area contributed by atoms with Crippen molar-refractivity contribution in [3.8, 4) is 0 Å². The highest BCUT2D eigenvalue weighted by molar-refractivity contribution is 5.93. The number of nitrogens with two attached hydrogens (primary N) is 2. The standard InChI is InChI=1S/C22H35N5O4/c1-13(8-10-23)25-22(31)19(14(2)28)27-21(30)18(9-11-24)26-20(29)17-12-16(17)15-6-4-3-5-7-15/h3-7,13-14,16-19,28H,8-12,23-24H2,1-2H3,(H,25,31)(H,26,29)(H,27,30)/t13-,14?,16+,17-,18-,19-/m0/s1. The van der Waals surface area contributed by atoms with Gasteiger partial charge in [-0.25, -0.2) is 0 Å². The van der Waals surface area contributed by atoms with Crippen LogP contribution in [0, 0.1) is 5.92 Å². The summed E-state index contributed by atoms with van der Waals surface area (Å²) >= 11 is 0. The van der Waals surface area contributed by atoms with Crippen LogP contribution < -0.4 is 27.4 Å². The second-order valence-corrected chi connectivity index (χ2v) is 8.21. The van der Waals surface area contributed by atoms with Gasteiger partial charge in [-0.05, 0) is 57.7 Å². The maximum absolute atomic E-state index is 12.8. The quantitative estimate of drug-likeness (QED) is 0.257. The molecule has 0 heterocycles. The van der Waals surface area contributed by atoms with Crippen molar-refractivity contribution in [3.05, 3.63) is 35.9 Å². The third-order valence-corrected chi connectivity index (χ3v) is 5.49. The maximum Gasteiger partial charge on any atom is 0.245 e. The molecule has 9 heteroatoms. The van der Waals surface area contributed by atoms with Crippen LogP contribution >= 0.6 is 0 Å². The topological polar surface area (TPSA) is 160 Å². The Kier molecular flexibility index (Phi) is 9.42. The number of carbonyl (C=O) groups is 3. The minimum Gasteiger partial charge on any atom is -0.391 e. The molecule has 6 atom stereocenters. The first kappa shape index (κ1) is 24.8. The van der Waals surface area contributed by atoms with Gasteiger partial charge >= 0.3 is 0 Å². The average Bonchev–Trinajstić information content (AvgIpc) is 3.53. The highest BCUT2D eigenvalue weighted by atomic mass is 16.3. The van der Waals surface area contributed by atoms with Crippen LogP contribution in [0.4, 0.5) is 0 Å². The molecule has 0 radical (unpaired) electrons. The highest BCUT2D eigenvalue weighted by Gasteiger charge is 2.44. The van der Waals surface area contributed by atoms with Crippen LogP contribution in [0.1, 0.15) is 44.6 Å². The zero-order valence-corrected chi connectivity index (χ0v) is 18.2. The van der Waals surface area contributed by atoms with Crippen LogP contribution in [0.2, 0.25) is 0 Å². The lowest BCUT2D eigenvalue weighted by molar-refractivity contribution is -0.134. The molecule has 0 aliphatic heterocycles. The second kappa shape index (κ2) is 11.8. The Morgan fingerprint density at radius 2 is 1.65 bits per heavy atom. The molecular weight excluding hydrogens is 398 g/mol. The van der Waals surface area contributed by atoms with Crippen molar-refractivity contribution in [3.63, 3.8) is 0 Å². The Hall–Kier alpha value is -2.49. The summed E-state index contributed by atoms with van der Waals surface area (Å²) < 4.78 is 0. The van der Waals surface area contributed by atoms with E-state index in [0.717, 1.165) is 12.0 Å². The van der Waals surface area contributed by atoms with Crippen LogP contribution in [0.5, 0.6) is 0 Å². The SMILES string of the molecule is CC(O)[C@H](NC(=O)[C@H](CCN)NC(=O)[C@H]1C[C@@H]1c1ccccc1)C(=O)N[C@@H](C)CCN. The summed E-state index contributed by atoms with van der Waals surface area (Å²) in [5.41, 5.74) is 12.2. The monoisotopic (exact) mass is 433 g/mol. The van der Waals surface area contributed by atoms with Crippen molar-refractivity contribution in [2.75, 3.05) is 13.1 Å². The van der Waals surface area contributed by atoms with Gasteiger partial charge in [0.05, 0.1) is 6.10 Å². The molecule has 1 aliphatic carbocycles. The van der Waals surface area contributed by atoms with Gasteiger partial charge in [0, 0.05) is 12.0 Å². The van der Waals surface area contributed by atoms with E-state index < -0.39 is 30.0 Å². The smallest absolute Gasteiger partial charge is 0.245 e. The molecule has 1 unspecified atom stereocenters. The molecule has 2 rings (SSSR count). The number of aliphatic hydroxyl groups excluding tert-OH is 1. The molecule has 1 aliphatic rings. The summed E-state index contributed by atoms with van der Waals surface area (Å²) in [5, 5.41) is 18.1. The number of carbonyl (C=O) groups excluding carboxylic acids is 3. The Labute approximate surface area is 183 Å². The van der Waals surface area contributed by atoms with Gasteiger partial charge in [-0.1, -0.05) is 30.3 Å². The highest BCUT2D eigenvalue weighted by Crippen LogP contribution is 2.47. The van der Waals surface area contributed by atoms with Crippen molar-refractivity contribution in [1.29, 1.82) is 0 Å². The fourth-order valence-corrected chi connectivity index (χ4v) is 3.58. The third kappa shape index (κ3) is 7.30. The zero-order chi connectivity index (χ0) is 23.0. The Bertz CT molecular complexity index is 743. The number of benzene rings is 1. The summed E-state index contributed by atoms with van der Waals surface area (Å²) in [4.78, 5) is 38.0. The third-order valence-electron chi connectivity index (χ3n) is 5.49. The summed E-state index contributed by atoms with van der Waals surface area (Å²) in [5.74, 6) is -1.32. The van der Waals surface area contributed by atoms with E-state index in [0.29, 0.717) is 13.0 Å². The molecule has 1 saturated carbocycles. The molecule has 1 aromatic rings. The van der Waals surface area contributed by atoms with Gasteiger partial charge in [-0.15, -0.1) is 0 Å². The predicted molar refractivity (Wildman–Crippen MR) is 118 cm³/mol. The van der Waals surface area contributed by atoms with Gasteiger partial charge in [0.15, 0.2) is 0 Å². The number of rotatable bonds is 12. The first-order valence-corrected chi connectivity index (χ1v) is 10.8. The molecule has 0 bridgehead atoms. The van der Waals surface area contributed by atoms with Gasteiger partial charge < -0.3 is 32.5 Å². The normalized spacial score (nSPS) is 21.3. The maximum atomic E-state index is 12.8. The summed E-state index contributed by atoms with van der Waals surface area (Å²) in [6.45, 7) is 3.80. The Morgan fingerprint density at radius 1 is 1.00 bits per heavy atom. The summed E-state index contributed by atoms with van der Waals surface area (Å²) in [6, 6.07) is 7.53. The number of hydrogen-bond donors (Lipinski definition) is 6. The first-order chi connectivity index (χ1) is 14.8. The second-order valence-electron chi connectivity index (χ2n) is 8.21. The van der Waals surface area contributed by atoms with Crippen molar-refractivity contribution in [2.24, 2.45) is 17.4 Å². The fourth-order valence-electron chi connectivity index (χ4n) is 3.58. The van der Waals surface area contributed by atoms with E-state index in [9.17, 15) is 19.5 Å². The van der Waals surface area contributed by atoms with Crippen LogP contribution in [-0.4, -0.2) is 60.1 Å². The van der Waals surface area contributed by atoms with E-state index >= 15 is 0 Å². The van der Waals surface area contributed by atoms with E-state index in [2.05, 4.69) is 16.0 Å². The lowest BCUT2D eigenvalue weighted by Gasteiger charge is -2.26. The molecule has 0 saturated heterocycles. The first-order valence-electron chi connectivity index (χ1n) is 10.8. The number of aliphatic hydroxyl groups is 1. The number of hydrogen-bond acceptors (Lipinski definition) is 6. The minimum atomic E-state index is -1.15. The fraction of sp³-hybridized carbons (Fsp3) is 0.591. The van der Waals surface area contributed by atoms with Gasteiger partial charge in [0.25, 0.3) is 0 Å². The summed E-state index contributed by atoms with van der Waals surface area (Å²) in [7, 11) is 0. The van der Waals surface area contributed by atoms with Crippen molar-refractivity contribution >= 4 is 17.7 Å². The molecule has 9 nitrogen and oxygen atoms in total. The Morgan fingerprint density at radius 3 is 2.23 bits per heavy atom. The lowest BCUT2D eigenvalue weighted by atomic mass is 10.1. The molecule has 0 aromatic heterocycles.